The van der Waals surface area contributed by atoms with Gasteiger partial charge in [0.2, 0.25) is 11.8 Å². The lowest BCUT2D eigenvalue weighted by atomic mass is 10.1. The molecule has 2 bridgehead atoms. The van der Waals surface area contributed by atoms with Crippen LogP contribution >= 0.6 is 11.6 Å². The molecule has 0 saturated carbocycles. The number of carbonyl (C=O) groups is 1. The van der Waals surface area contributed by atoms with Crippen molar-refractivity contribution >= 4 is 17.5 Å². The van der Waals surface area contributed by atoms with Crippen LogP contribution in [0.2, 0.25) is 5.02 Å². The lowest BCUT2D eigenvalue weighted by molar-refractivity contribution is -0.136. The summed E-state index contributed by atoms with van der Waals surface area (Å²) in [5, 5.41) is 20.3. The lowest BCUT2D eigenvalue weighted by Crippen LogP contribution is -2.39. The van der Waals surface area contributed by atoms with Crippen molar-refractivity contribution in [2.45, 2.75) is 39.3 Å². The van der Waals surface area contributed by atoms with Crippen LogP contribution in [0.4, 0.5) is 0 Å². The first-order valence-electron chi connectivity index (χ1n) is 8.84. The summed E-state index contributed by atoms with van der Waals surface area (Å²) < 4.78 is 2.82. The fourth-order valence-electron chi connectivity index (χ4n) is 4.24. The molecule has 1 saturated heterocycles. The van der Waals surface area contributed by atoms with E-state index in [1.807, 2.05) is 19.9 Å². The number of carbonyl (C=O) groups excluding carboxylic acids is 1. The average molecular weight is 387 g/mol. The van der Waals surface area contributed by atoms with Crippen molar-refractivity contribution in [2.24, 2.45) is 5.92 Å². The zero-order valence-electron chi connectivity index (χ0n) is 15.2. The molecule has 4 rings (SSSR count). The Balaban J connectivity index is 1.87. The van der Waals surface area contributed by atoms with Gasteiger partial charge in [-0.3, -0.25) is 9.36 Å². The van der Waals surface area contributed by atoms with Gasteiger partial charge in [0.25, 0.3) is 0 Å². The highest BCUT2D eigenvalue weighted by Crippen LogP contribution is 2.49. The molecule has 27 heavy (non-hydrogen) atoms. The van der Waals surface area contributed by atoms with Gasteiger partial charge in [-0.2, -0.15) is 5.26 Å². The highest BCUT2D eigenvalue weighted by atomic mass is 35.5. The molecular formula is C19H19ClN4O3. The van der Waals surface area contributed by atoms with Crippen molar-refractivity contribution < 1.29 is 9.90 Å². The van der Waals surface area contributed by atoms with Crippen molar-refractivity contribution in [1.82, 2.24) is 14.0 Å². The van der Waals surface area contributed by atoms with Crippen LogP contribution in [-0.2, 0) is 4.79 Å². The fourth-order valence-corrected chi connectivity index (χ4v) is 4.44. The molecule has 0 unspecified atom stereocenters. The first-order valence-corrected chi connectivity index (χ1v) is 9.21. The van der Waals surface area contributed by atoms with Gasteiger partial charge in [0.15, 0.2) is 0 Å². The monoisotopic (exact) mass is 386 g/mol. The van der Waals surface area contributed by atoms with Gasteiger partial charge in [0.05, 0.1) is 28.4 Å². The first-order chi connectivity index (χ1) is 12.8. The Labute approximate surface area is 161 Å². The van der Waals surface area contributed by atoms with Crippen molar-refractivity contribution in [3.63, 3.8) is 0 Å². The predicted octanol–water partition coefficient (Wildman–Crippen LogP) is 2.66. The third kappa shape index (κ3) is 2.26. The summed E-state index contributed by atoms with van der Waals surface area (Å²) in [7, 11) is 0. The van der Waals surface area contributed by atoms with E-state index in [1.54, 1.807) is 22.5 Å². The van der Waals surface area contributed by atoms with E-state index >= 15 is 0 Å². The van der Waals surface area contributed by atoms with E-state index in [9.17, 15) is 14.7 Å². The van der Waals surface area contributed by atoms with Gasteiger partial charge in [-0.15, -0.1) is 0 Å². The summed E-state index contributed by atoms with van der Waals surface area (Å²) in [6.07, 6.45) is 0.643. The van der Waals surface area contributed by atoms with Gasteiger partial charge in [-0.1, -0.05) is 25.4 Å². The molecular weight excluding hydrogens is 368 g/mol. The maximum atomic E-state index is 13.1. The molecule has 0 spiro atoms. The molecule has 2 aromatic rings. The van der Waals surface area contributed by atoms with Crippen LogP contribution in [0.25, 0.3) is 5.69 Å². The normalized spacial score (nSPS) is 20.2. The summed E-state index contributed by atoms with van der Waals surface area (Å²) >= 11 is 6.24. The van der Waals surface area contributed by atoms with E-state index in [4.69, 9.17) is 16.9 Å². The number of halogens is 1. The van der Waals surface area contributed by atoms with Gasteiger partial charge in [0, 0.05) is 12.5 Å². The van der Waals surface area contributed by atoms with E-state index < -0.39 is 0 Å². The molecule has 1 aromatic carbocycles. The van der Waals surface area contributed by atoms with Crippen LogP contribution in [0.15, 0.2) is 16.9 Å². The number of nitrogens with zero attached hydrogens (tertiary/aromatic N) is 4. The largest absolute Gasteiger partial charge is 0.493 e. The first kappa shape index (κ1) is 17.7. The van der Waals surface area contributed by atoms with E-state index in [1.165, 1.54) is 10.6 Å². The van der Waals surface area contributed by atoms with Crippen molar-refractivity contribution in [1.29, 1.82) is 5.26 Å². The Morgan fingerprint density at radius 2 is 2.11 bits per heavy atom. The van der Waals surface area contributed by atoms with Gasteiger partial charge in [0.1, 0.15) is 11.8 Å². The number of aromatic hydroxyl groups is 1. The standard InChI is InChI=1S/C19H19ClN4O3/c1-9(2)17(25)22-8-12-6-14(22)16-18(26)24(19(27)23(12)16)13-5-4-11(7-21)15(20)10(13)3/h4-5,9,12,14,26H,6,8H2,1-3H3/t12-,14-/m0/s1. The molecule has 1 fully saturated rings. The Hall–Kier alpha value is -2.72. The summed E-state index contributed by atoms with van der Waals surface area (Å²) in [4.78, 5) is 27.3. The van der Waals surface area contributed by atoms with Gasteiger partial charge < -0.3 is 10.0 Å². The maximum absolute atomic E-state index is 13.1. The van der Waals surface area contributed by atoms with E-state index in [2.05, 4.69) is 0 Å². The molecule has 7 nitrogen and oxygen atoms in total. The summed E-state index contributed by atoms with van der Waals surface area (Å²) in [5.41, 5.74) is 1.41. The Kier molecular flexibility index (Phi) is 3.86. The third-order valence-electron chi connectivity index (χ3n) is 5.55. The van der Waals surface area contributed by atoms with Crippen molar-refractivity contribution in [2.75, 3.05) is 6.54 Å². The number of nitriles is 1. The van der Waals surface area contributed by atoms with Crippen LogP contribution in [0.5, 0.6) is 5.88 Å². The quantitative estimate of drug-likeness (QED) is 0.858. The van der Waals surface area contributed by atoms with Gasteiger partial charge in [-0.05, 0) is 31.0 Å². The Morgan fingerprint density at radius 1 is 1.41 bits per heavy atom. The van der Waals surface area contributed by atoms with Crippen LogP contribution in [0, 0.1) is 24.2 Å². The number of hydrogen-bond acceptors (Lipinski definition) is 4. The molecule has 1 aromatic heterocycles. The second-order valence-electron chi connectivity index (χ2n) is 7.43. The fraction of sp³-hybridized carbons (Fsp3) is 0.421. The SMILES string of the molecule is Cc1c(-n2c(O)c3n(c2=O)[C@H]2C[C@@H]3N(C(=O)C(C)C)C2)ccc(C#N)c1Cl. The minimum absolute atomic E-state index is 0.0194. The summed E-state index contributed by atoms with van der Waals surface area (Å²) in [5.74, 6) is -0.295. The summed E-state index contributed by atoms with van der Waals surface area (Å²) in [6, 6.07) is 4.71. The highest BCUT2D eigenvalue weighted by Gasteiger charge is 2.49. The topological polar surface area (TPSA) is 91.3 Å². The number of hydrogen-bond donors (Lipinski definition) is 1. The predicted molar refractivity (Wildman–Crippen MR) is 99.1 cm³/mol. The van der Waals surface area contributed by atoms with Gasteiger partial charge >= 0.3 is 5.69 Å². The molecule has 1 amide bonds. The molecule has 140 valence electrons. The number of likely N-dealkylation sites (tertiary alicyclic amines) is 1. The van der Waals surface area contributed by atoms with Crippen molar-refractivity contribution in [3.8, 4) is 17.6 Å². The van der Waals surface area contributed by atoms with Crippen molar-refractivity contribution in [3.05, 3.63) is 44.5 Å². The number of fused-ring (bicyclic) bond motifs is 5. The molecule has 1 N–H and O–H groups in total. The van der Waals surface area contributed by atoms with Gasteiger partial charge in [-0.25, -0.2) is 9.36 Å². The highest BCUT2D eigenvalue weighted by molar-refractivity contribution is 6.32. The molecule has 2 aliphatic rings. The minimum atomic E-state index is -0.351. The minimum Gasteiger partial charge on any atom is -0.493 e. The Bertz CT molecular complexity index is 1080. The summed E-state index contributed by atoms with van der Waals surface area (Å²) in [6.45, 7) is 5.87. The van der Waals surface area contributed by atoms with Crippen LogP contribution in [-0.4, -0.2) is 31.6 Å². The average Bonchev–Trinajstić information content (AvgIpc) is 3.29. The third-order valence-corrected chi connectivity index (χ3v) is 6.04. The zero-order valence-corrected chi connectivity index (χ0v) is 16.0. The van der Waals surface area contributed by atoms with E-state index in [0.717, 1.165) is 0 Å². The molecule has 8 heteroatoms. The molecule has 0 radical (unpaired) electrons. The number of benzene rings is 1. The zero-order chi connectivity index (χ0) is 19.6. The second-order valence-corrected chi connectivity index (χ2v) is 7.81. The van der Waals surface area contributed by atoms with E-state index in [0.29, 0.717) is 35.5 Å². The Morgan fingerprint density at radius 3 is 2.74 bits per heavy atom. The van der Waals surface area contributed by atoms with Crippen LogP contribution < -0.4 is 5.69 Å². The number of amides is 1. The number of aromatic nitrogens is 2. The maximum Gasteiger partial charge on any atom is 0.336 e. The molecule has 3 heterocycles. The molecule has 2 atom stereocenters. The lowest BCUT2D eigenvalue weighted by Gasteiger charge is -2.29. The number of rotatable bonds is 2. The van der Waals surface area contributed by atoms with E-state index in [-0.39, 0.29) is 40.5 Å². The molecule has 0 aliphatic carbocycles. The van der Waals surface area contributed by atoms with Crippen LogP contribution in [0.1, 0.15) is 49.2 Å². The second kappa shape index (κ2) is 5.89. The molecule has 2 aliphatic heterocycles. The number of imidazole rings is 1. The smallest absolute Gasteiger partial charge is 0.336 e. The van der Waals surface area contributed by atoms with Crippen LogP contribution in [0.3, 0.4) is 0 Å².